The maximum absolute atomic E-state index is 12.3. The molecule has 0 aliphatic rings. The van der Waals surface area contributed by atoms with Crippen LogP contribution in [0.3, 0.4) is 0 Å². The second-order valence-electron chi connectivity index (χ2n) is 6.70. The topological polar surface area (TPSA) is 60.5 Å². The average molecular weight is 485 g/mol. The molecule has 3 aromatic carbocycles. The Hall–Kier alpha value is -3.06. The fourth-order valence-electron chi connectivity index (χ4n) is 2.97. The number of thiazole rings is 1. The molecular formula is C24H18Cl2N2O3S. The number of halogens is 2. The van der Waals surface area contributed by atoms with E-state index in [9.17, 15) is 4.79 Å². The van der Waals surface area contributed by atoms with E-state index < -0.39 is 0 Å². The number of amides is 1. The number of para-hydroxylation sites is 2. The van der Waals surface area contributed by atoms with Crippen molar-refractivity contribution in [2.45, 2.75) is 0 Å². The lowest BCUT2D eigenvalue weighted by Crippen LogP contribution is -2.20. The summed E-state index contributed by atoms with van der Waals surface area (Å²) in [7, 11) is 1.55. The molecule has 0 atom stereocenters. The van der Waals surface area contributed by atoms with Crippen molar-refractivity contribution < 1.29 is 14.3 Å². The first kappa shape index (κ1) is 22.1. The van der Waals surface area contributed by atoms with Crippen LogP contribution in [0.4, 0.5) is 5.69 Å². The van der Waals surface area contributed by atoms with Crippen molar-refractivity contribution in [2.75, 3.05) is 19.0 Å². The van der Waals surface area contributed by atoms with Crippen molar-refractivity contribution in [3.8, 4) is 11.5 Å². The molecule has 5 nitrogen and oxygen atoms in total. The van der Waals surface area contributed by atoms with Crippen LogP contribution in [0.25, 0.3) is 22.4 Å². The van der Waals surface area contributed by atoms with Crippen LogP contribution < -0.4 is 14.8 Å². The van der Waals surface area contributed by atoms with Crippen molar-refractivity contribution in [3.05, 3.63) is 81.3 Å². The van der Waals surface area contributed by atoms with Crippen LogP contribution in [0.1, 0.15) is 10.6 Å². The summed E-state index contributed by atoms with van der Waals surface area (Å²) < 4.78 is 12.2. The number of carbonyl (C=O) groups is 1. The zero-order chi connectivity index (χ0) is 22.5. The van der Waals surface area contributed by atoms with Gasteiger partial charge in [-0.2, -0.15) is 0 Å². The van der Waals surface area contributed by atoms with Gasteiger partial charge in [-0.25, -0.2) is 4.98 Å². The van der Waals surface area contributed by atoms with Gasteiger partial charge < -0.3 is 14.8 Å². The molecule has 1 heterocycles. The van der Waals surface area contributed by atoms with Gasteiger partial charge in [0.15, 0.2) is 18.1 Å². The molecule has 162 valence electrons. The predicted octanol–water partition coefficient (Wildman–Crippen LogP) is 6.80. The van der Waals surface area contributed by atoms with Gasteiger partial charge in [0.2, 0.25) is 0 Å². The van der Waals surface area contributed by atoms with Crippen LogP contribution >= 0.6 is 34.5 Å². The summed E-state index contributed by atoms with van der Waals surface area (Å²) in [6.07, 6.45) is 3.91. The van der Waals surface area contributed by atoms with E-state index >= 15 is 0 Å². The van der Waals surface area contributed by atoms with Gasteiger partial charge in [0.25, 0.3) is 5.91 Å². The number of carbonyl (C=O) groups excluding carboxylic acids is 1. The largest absolute Gasteiger partial charge is 0.493 e. The van der Waals surface area contributed by atoms with Crippen molar-refractivity contribution in [1.82, 2.24) is 4.98 Å². The maximum atomic E-state index is 12.3. The molecule has 1 amide bonds. The Morgan fingerprint density at radius 3 is 2.56 bits per heavy atom. The minimum absolute atomic E-state index is 0.223. The Morgan fingerprint density at radius 1 is 1.03 bits per heavy atom. The first-order chi connectivity index (χ1) is 15.5. The highest BCUT2D eigenvalue weighted by atomic mass is 35.5. The number of aromatic nitrogens is 1. The average Bonchev–Trinajstić information content (AvgIpc) is 3.22. The molecule has 1 N–H and O–H groups in total. The zero-order valence-electron chi connectivity index (χ0n) is 17.0. The summed E-state index contributed by atoms with van der Waals surface area (Å²) in [5, 5.41) is 4.29. The van der Waals surface area contributed by atoms with E-state index in [2.05, 4.69) is 16.4 Å². The normalized spacial score (nSPS) is 11.1. The number of ether oxygens (including phenoxy) is 2. The number of anilines is 1. The molecule has 8 heteroatoms. The fraction of sp³-hybridized carbons (Fsp3) is 0.0833. The van der Waals surface area contributed by atoms with E-state index in [1.807, 2.05) is 42.5 Å². The van der Waals surface area contributed by atoms with Crippen LogP contribution in [0.5, 0.6) is 11.5 Å². The van der Waals surface area contributed by atoms with Crippen LogP contribution in [0.15, 0.2) is 60.7 Å². The van der Waals surface area contributed by atoms with Gasteiger partial charge in [-0.3, -0.25) is 4.79 Å². The number of rotatable bonds is 7. The van der Waals surface area contributed by atoms with Crippen LogP contribution in [0.2, 0.25) is 10.0 Å². The van der Waals surface area contributed by atoms with E-state index in [0.29, 0.717) is 27.2 Å². The summed E-state index contributed by atoms with van der Waals surface area (Å²) >= 11 is 13.8. The van der Waals surface area contributed by atoms with Crippen molar-refractivity contribution in [1.29, 1.82) is 0 Å². The third-order valence-electron chi connectivity index (χ3n) is 4.50. The van der Waals surface area contributed by atoms with E-state index in [1.165, 1.54) is 0 Å². The standard InChI is InChI=1S/C24H18Cl2N2O3S/c1-30-20-13-15(10-12-23-27-18-7-2-3-8-21(18)32-23)9-11-19(20)31-14-22(29)28-24-16(25)5-4-6-17(24)26/h2-13H,14H2,1H3,(H,28,29). The number of nitrogens with one attached hydrogen (secondary N) is 1. The Labute approximate surface area is 199 Å². The summed E-state index contributed by atoms with van der Waals surface area (Å²) in [6, 6.07) is 18.5. The van der Waals surface area contributed by atoms with Gasteiger partial charge in [-0.15, -0.1) is 11.3 Å². The van der Waals surface area contributed by atoms with Crippen molar-refractivity contribution in [3.63, 3.8) is 0 Å². The Morgan fingerprint density at radius 2 is 1.81 bits per heavy atom. The molecule has 0 saturated carbocycles. The third-order valence-corrected chi connectivity index (χ3v) is 6.13. The molecule has 4 rings (SSSR count). The predicted molar refractivity (Wildman–Crippen MR) is 132 cm³/mol. The maximum Gasteiger partial charge on any atom is 0.262 e. The first-order valence-corrected chi connectivity index (χ1v) is 11.2. The number of hydrogen-bond acceptors (Lipinski definition) is 5. The van der Waals surface area contributed by atoms with Gasteiger partial charge in [0.05, 0.1) is 33.1 Å². The fourth-order valence-corrected chi connectivity index (χ4v) is 4.33. The van der Waals surface area contributed by atoms with Gasteiger partial charge >= 0.3 is 0 Å². The monoisotopic (exact) mass is 484 g/mol. The van der Waals surface area contributed by atoms with Gasteiger partial charge in [0.1, 0.15) is 5.01 Å². The molecule has 0 bridgehead atoms. The number of benzene rings is 3. The molecule has 0 aliphatic heterocycles. The highest BCUT2D eigenvalue weighted by molar-refractivity contribution is 7.19. The minimum atomic E-state index is -0.387. The zero-order valence-corrected chi connectivity index (χ0v) is 19.3. The van der Waals surface area contributed by atoms with Gasteiger partial charge in [0, 0.05) is 0 Å². The van der Waals surface area contributed by atoms with Crippen LogP contribution in [-0.2, 0) is 4.79 Å². The smallest absolute Gasteiger partial charge is 0.262 e. The summed E-state index contributed by atoms with van der Waals surface area (Å²) in [5.74, 6) is 0.576. The number of hydrogen-bond donors (Lipinski definition) is 1. The second kappa shape index (κ2) is 10.0. The Kier molecular flexibility index (Phi) is 6.95. The molecule has 0 saturated heterocycles. The lowest BCUT2D eigenvalue weighted by Gasteiger charge is -2.12. The number of nitrogens with zero attached hydrogens (tertiary/aromatic N) is 1. The molecule has 0 unspecified atom stereocenters. The van der Waals surface area contributed by atoms with Crippen LogP contribution in [0, 0.1) is 0 Å². The second-order valence-corrected chi connectivity index (χ2v) is 8.57. The third kappa shape index (κ3) is 5.22. The quantitative estimate of drug-likeness (QED) is 0.313. The van der Waals surface area contributed by atoms with Crippen LogP contribution in [-0.4, -0.2) is 24.6 Å². The molecule has 0 aliphatic carbocycles. The van der Waals surface area contributed by atoms with E-state index in [1.54, 1.807) is 42.7 Å². The SMILES string of the molecule is COc1cc(C=Cc2nc3ccccc3s2)ccc1OCC(=O)Nc1c(Cl)cccc1Cl. The van der Waals surface area contributed by atoms with E-state index in [0.717, 1.165) is 20.8 Å². The molecular weight excluding hydrogens is 467 g/mol. The highest BCUT2D eigenvalue weighted by Crippen LogP contribution is 2.31. The Bertz CT molecular complexity index is 1250. The Balaban J connectivity index is 1.42. The summed E-state index contributed by atoms with van der Waals surface area (Å²) in [4.78, 5) is 16.9. The minimum Gasteiger partial charge on any atom is -0.493 e. The molecule has 4 aromatic rings. The van der Waals surface area contributed by atoms with Gasteiger partial charge in [-0.1, -0.05) is 53.5 Å². The van der Waals surface area contributed by atoms with Crippen molar-refractivity contribution >= 4 is 68.5 Å². The number of fused-ring (bicyclic) bond motifs is 1. The lowest BCUT2D eigenvalue weighted by atomic mass is 10.2. The van der Waals surface area contributed by atoms with Gasteiger partial charge in [-0.05, 0) is 48.0 Å². The first-order valence-electron chi connectivity index (χ1n) is 9.62. The van der Waals surface area contributed by atoms with E-state index in [4.69, 9.17) is 32.7 Å². The number of methoxy groups -OCH3 is 1. The van der Waals surface area contributed by atoms with Crippen molar-refractivity contribution in [2.24, 2.45) is 0 Å². The molecule has 1 aromatic heterocycles. The summed E-state index contributed by atoms with van der Waals surface area (Å²) in [5.41, 5.74) is 2.25. The molecule has 0 spiro atoms. The summed E-state index contributed by atoms with van der Waals surface area (Å²) in [6.45, 7) is -0.223. The molecule has 0 radical (unpaired) electrons. The molecule has 0 fully saturated rings. The lowest BCUT2D eigenvalue weighted by molar-refractivity contribution is -0.118. The highest BCUT2D eigenvalue weighted by Gasteiger charge is 2.12. The van der Waals surface area contributed by atoms with E-state index in [-0.39, 0.29) is 12.5 Å². The molecule has 32 heavy (non-hydrogen) atoms.